The first-order valence-corrected chi connectivity index (χ1v) is 17.9. The van der Waals surface area contributed by atoms with Crippen molar-refractivity contribution in [1.29, 1.82) is 0 Å². The number of likely N-dealkylation sites (tertiary alicyclic amines) is 2. The number of aliphatic carboxylic acids is 1. The maximum Gasteiger partial charge on any atom is 0.410 e. The van der Waals surface area contributed by atoms with Crippen molar-refractivity contribution in [3.8, 4) is 0 Å². The van der Waals surface area contributed by atoms with Crippen LogP contribution in [0.25, 0.3) is 0 Å². The summed E-state index contributed by atoms with van der Waals surface area (Å²) in [6.07, 6.45) is 0.0310. The number of carboxylic acid groups (broad SMARTS) is 1. The molecule has 0 spiro atoms. The molecule has 2 amide bonds. The van der Waals surface area contributed by atoms with Gasteiger partial charge in [-0.2, -0.15) is 9.59 Å². The summed E-state index contributed by atoms with van der Waals surface area (Å²) >= 11 is 0. The van der Waals surface area contributed by atoms with E-state index in [4.69, 9.17) is 14.2 Å². The molecule has 2 saturated heterocycles. The number of benzene rings is 2. The van der Waals surface area contributed by atoms with Gasteiger partial charge in [0.25, 0.3) is 0 Å². The largest absolute Gasteiger partial charge is 0.481 e. The number of esters is 1. The molecule has 4 unspecified atom stereocenters. The van der Waals surface area contributed by atoms with Crippen LogP contribution in [0.3, 0.4) is 0 Å². The highest BCUT2D eigenvalue weighted by Gasteiger charge is 2.40. The fraction of sp³-hybridized carbons (Fsp3) is 0.472. The smallest absolute Gasteiger partial charge is 0.410 e. The molecule has 4 atom stereocenters. The molecule has 0 saturated carbocycles. The molecule has 0 radical (unpaired) electrons. The number of aryl methyl sites for hydroxylation is 2. The van der Waals surface area contributed by atoms with Crippen molar-refractivity contribution in [2.75, 3.05) is 19.7 Å². The van der Waals surface area contributed by atoms with Crippen molar-refractivity contribution in [1.82, 2.24) is 50.2 Å². The van der Waals surface area contributed by atoms with Gasteiger partial charge in [-0.15, -0.1) is 20.4 Å². The van der Waals surface area contributed by atoms with Gasteiger partial charge in [0, 0.05) is 19.0 Å². The Morgan fingerprint density at radius 2 is 1.15 bits per heavy atom. The molecule has 1 N–H and O–H groups in total. The third-order valence-electron chi connectivity index (χ3n) is 9.16. The zero-order chi connectivity index (χ0) is 39.3. The molecule has 2 aromatic heterocycles. The molecule has 2 fully saturated rings. The van der Waals surface area contributed by atoms with E-state index in [1.807, 2.05) is 60.7 Å². The molecule has 4 heterocycles. The third-order valence-corrected chi connectivity index (χ3v) is 9.16. The number of nitrogens with zero attached hydrogens (tertiary/aromatic N) is 10. The molecule has 19 heteroatoms. The fourth-order valence-electron chi connectivity index (χ4n) is 6.34. The van der Waals surface area contributed by atoms with E-state index < -0.39 is 48.0 Å². The van der Waals surface area contributed by atoms with Crippen LogP contribution in [0.5, 0.6) is 0 Å². The molecule has 0 bridgehead atoms. The zero-order valence-corrected chi connectivity index (χ0v) is 30.8. The number of Topliss-reactive ketones (excluding diaryl/α,β-unsaturated/α-hetero) is 1. The lowest BCUT2D eigenvalue weighted by atomic mass is 9.86. The Hall–Kier alpha value is -6.27. The van der Waals surface area contributed by atoms with Gasteiger partial charge in [-0.1, -0.05) is 60.7 Å². The topological polar surface area (TPSA) is 227 Å². The van der Waals surface area contributed by atoms with E-state index in [9.17, 15) is 29.1 Å². The van der Waals surface area contributed by atoms with Crippen LogP contribution in [0.4, 0.5) is 9.59 Å². The van der Waals surface area contributed by atoms with Crippen molar-refractivity contribution in [3.05, 3.63) is 83.4 Å². The molecule has 6 rings (SSSR count). The number of hydrogen-bond donors (Lipinski definition) is 1. The highest BCUT2D eigenvalue weighted by molar-refractivity contribution is 5.97. The summed E-state index contributed by atoms with van der Waals surface area (Å²) in [5.74, 6) is -1.92. The Balaban J connectivity index is 0.000000214. The molecular weight excluding hydrogens is 716 g/mol. The van der Waals surface area contributed by atoms with Gasteiger partial charge in [0.1, 0.15) is 25.4 Å². The van der Waals surface area contributed by atoms with E-state index in [-0.39, 0.29) is 51.5 Å². The first-order valence-electron chi connectivity index (χ1n) is 17.9. The summed E-state index contributed by atoms with van der Waals surface area (Å²) in [5, 5.41) is 33.2. The second-order valence-corrected chi connectivity index (χ2v) is 13.0. The average molecular weight is 761 g/mol. The van der Waals surface area contributed by atoms with Crippen LogP contribution in [-0.2, 0) is 55.9 Å². The van der Waals surface area contributed by atoms with Crippen molar-refractivity contribution >= 4 is 29.9 Å². The highest BCUT2D eigenvalue weighted by Crippen LogP contribution is 2.35. The molecule has 2 aliphatic heterocycles. The number of hydrogen-bond acceptors (Lipinski definition) is 14. The molecule has 0 aliphatic carbocycles. The Morgan fingerprint density at radius 3 is 1.56 bits per heavy atom. The van der Waals surface area contributed by atoms with Crippen LogP contribution in [0.2, 0.25) is 0 Å². The van der Waals surface area contributed by atoms with Crippen LogP contribution in [0.1, 0.15) is 73.9 Å². The number of ether oxygens (including phenoxy) is 3. The number of piperidine rings is 2. The van der Waals surface area contributed by atoms with Gasteiger partial charge < -0.3 is 19.3 Å². The van der Waals surface area contributed by atoms with E-state index in [0.29, 0.717) is 30.9 Å². The Bertz CT molecular complexity index is 1910. The normalized spacial score (nSPS) is 19.4. The van der Waals surface area contributed by atoms with Gasteiger partial charge in [-0.05, 0) is 54.2 Å². The summed E-state index contributed by atoms with van der Waals surface area (Å²) in [7, 11) is 3.24. The minimum atomic E-state index is -0.883. The lowest BCUT2D eigenvalue weighted by Crippen LogP contribution is -2.43. The summed E-state index contributed by atoms with van der Waals surface area (Å²) in [6, 6.07) is 17.6. The zero-order valence-electron chi connectivity index (χ0n) is 30.8. The number of amides is 2. The van der Waals surface area contributed by atoms with Crippen LogP contribution < -0.4 is 0 Å². The SMILES string of the molecule is CCOC(=O)CC(=O)C1CCN(C(=O)OCc2ccccc2)C(c2nnn(C)n2)C1.Cn1nnc(C2CC(C(=O)O)CCN2C(=O)OCc2ccccc2)n1. The van der Waals surface area contributed by atoms with Crippen molar-refractivity contribution in [3.63, 3.8) is 0 Å². The molecule has 2 aromatic carbocycles. The monoisotopic (exact) mass is 760 g/mol. The van der Waals surface area contributed by atoms with Crippen LogP contribution in [0, 0.1) is 11.8 Å². The maximum absolute atomic E-state index is 12.8. The van der Waals surface area contributed by atoms with Crippen LogP contribution in [0.15, 0.2) is 60.7 Å². The summed E-state index contributed by atoms with van der Waals surface area (Å²) in [6.45, 7) is 2.77. The van der Waals surface area contributed by atoms with Crippen molar-refractivity contribution < 1.29 is 43.3 Å². The van der Waals surface area contributed by atoms with Gasteiger partial charge in [0.05, 0.1) is 38.7 Å². The summed E-state index contributed by atoms with van der Waals surface area (Å²) in [4.78, 5) is 66.4. The third kappa shape index (κ3) is 11.1. The van der Waals surface area contributed by atoms with E-state index in [1.54, 1.807) is 21.0 Å². The number of tetrazole rings is 2. The first kappa shape index (κ1) is 39.9. The fourth-order valence-corrected chi connectivity index (χ4v) is 6.34. The number of carboxylic acids is 1. The minimum Gasteiger partial charge on any atom is -0.481 e. The predicted octanol–water partition coefficient (Wildman–Crippen LogP) is 3.21. The Kier molecular flexibility index (Phi) is 13.9. The van der Waals surface area contributed by atoms with Gasteiger partial charge in [0.2, 0.25) is 0 Å². The van der Waals surface area contributed by atoms with E-state index in [0.717, 1.165) is 11.1 Å². The van der Waals surface area contributed by atoms with Crippen molar-refractivity contribution in [2.24, 2.45) is 25.9 Å². The van der Waals surface area contributed by atoms with E-state index in [2.05, 4.69) is 30.8 Å². The number of carbonyl (C=O) groups is 5. The Morgan fingerprint density at radius 1 is 0.691 bits per heavy atom. The number of carbonyl (C=O) groups excluding carboxylic acids is 4. The number of aromatic nitrogens is 8. The van der Waals surface area contributed by atoms with Gasteiger partial charge in [-0.25, -0.2) is 9.59 Å². The summed E-state index contributed by atoms with van der Waals surface area (Å²) in [5.41, 5.74) is 1.75. The first-order chi connectivity index (χ1) is 26.5. The molecule has 19 nitrogen and oxygen atoms in total. The highest BCUT2D eigenvalue weighted by atomic mass is 16.6. The second-order valence-electron chi connectivity index (χ2n) is 13.0. The molecule has 4 aromatic rings. The maximum atomic E-state index is 12.8. The lowest BCUT2D eigenvalue weighted by molar-refractivity contribution is -0.147. The van der Waals surface area contributed by atoms with Crippen molar-refractivity contribution in [2.45, 2.75) is 64.3 Å². The quantitative estimate of drug-likeness (QED) is 0.132. The van der Waals surface area contributed by atoms with E-state index in [1.165, 1.54) is 19.4 Å². The summed E-state index contributed by atoms with van der Waals surface area (Å²) < 4.78 is 15.7. The molecular formula is C36H44N10O9. The molecule has 55 heavy (non-hydrogen) atoms. The second kappa shape index (κ2) is 19.2. The number of rotatable bonds is 11. The van der Waals surface area contributed by atoms with Gasteiger partial charge in [0.15, 0.2) is 11.6 Å². The standard InChI is InChI=1S/C20H25N5O5.C16H19N5O4/c1-3-29-18(27)12-17(26)15-9-10-25(16(11-15)19-21-23-24(2)22-19)20(28)30-13-14-7-5-4-6-8-14;1-20-18-14(17-19-20)13-9-12(15(22)23)7-8-21(13)16(24)25-10-11-5-3-2-4-6-11/h4-8,15-16H,3,9-13H2,1-2H3;2-6,12-13H,7-10H2,1H3,(H,22,23). The lowest BCUT2D eigenvalue weighted by Gasteiger charge is -2.36. The van der Waals surface area contributed by atoms with Crippen LogP contribution >= 0.6 is 0 Å². The number of ketones is 1. The Labute approximate surface area is 316 Å². The van der Waals surface area contributed by atoms with E-state index >= 15 is 0 Å². The average Bonchev–Trinajstić information content (AvgIpc) is 3.84. The van der Waals surface area contributed by atoms with Crippen LogP contribution in [-0.4, -0.2) is 105 Å². The molecule has 292 valence electrons. The van der Waals surface area contributed by atoms with Gasteiger partial charge >= 0.3 is 24.1 Å². The molecule has 2 aliphatic rings. The minimum absolute atomic E-state index is 0.141. The van der Waals surface area contributed by atoms with Gasteiger partial charge in [-0.3, -0.25) is 24.2 Å². The predicted molar refractivity (Wildman–Crippen MR) is 189 cm³/mol.